The molecule has 0 radical (unpaired) electrons. The number of thioether (sulfide) groups is 1. The normalized spacial score (nSPS) is 39.9. The third kappa shape index (κ3) is 1.13. The summed E-state index contributed by atoms with van der Waals surface area (Å²) < 4.78 is 0. The highest BCUT2D eigenvalue weighted by Gasteiger charge is 2.39. The largest absolute Gasteiger partial charge is 0.298 e. The Bertz CT molecular complexity index is 210. The van der Waals surface area contributed by atoms with E-state index < -0.39 is 0 Å². The van der Waals surface area contributed by atoms with E-state index in [4.69, 9.17) is 0 Å². The van der Waals surface area contributed by atoms with Gasteiger partial charge in [0.05, 0.1) is 5.25 Å². The molecular weight excluding hydrogens is 156 g/mol. The summed E-state index contributed by atoms with van der Waals surface area (Å²) in [6, 6.07) is 0. The van der Waals surface area contributed by atoms with Crippen molar-refractivity contribution in [1.29, 1.82) is 0 Å². The summed E-state index contributed by atoms with van der Waals surface area (Å²) in [5.41, 5.74) is 0. The fraction of sp³-hybridized carbons (Fsp3) is 0.667. The van der Waals surface area contributed by atoms with Crippen LogP contribution in [0.1, 0.15) is 19.8 Å². The molecule has 11 heavy (non-hydrogen) atoms. The molecule has 1 fully saturated rings. The van der Waals surface area contributed by atoms with Gasteiger partial charge in [0.1, 0.15) is 5.78 Å². The van der Waals surface area contributed by atoms with E-state index in [-0.39, 0.29) is 0 Å². The Kier molecular flexibility index (Phi) is 1.80. The standard InChI is InChI=1S/C9H12OS/c1-2-8(10)9-6-3-4-7(5-6)11-9/h3-4,6-7,9H,2,5H2,1H3/t6-,7+,9+/m1/s1. The molecule has 3 atom stereocenters. The Morgan fingerprint density at radius 2 is 2.45 bits per heavy atom. The molecular formula is C9H12OS. The maximum Gasteiger partial charge on any atom is 0.146 e. The second kappa shape index (κ2) is 2.67. The number of hydrogen-bond acceptors (Lipinski definition) is 2. The van der Waals surface area contributed by atoms with Crippen molar-refractivity contribution in [3.05, 3.63) is 12.2 Å². The molecule has 0 spiro atoms. The van der Waals surface area contributed by atoms with E-state index in [1.807, 2.05) is 18.7 Å². The Labute approximate surface area is 71.2 Å². The second-order valence-corrected chi connectivity index (χ2v) is 4.58. The van der Waals surface area contributed by atoms with Gasteiger partial charge in [0.15, 0.2) is 0 Å². The third-order valence-electron chi connectivity index (χ3n) is 2.45. The number of hydrogen-bond donors (Lipinski definition) is 0. The molecule has 1 heterocycles. The lowest BCUT2D eigenvalue weighted by molar-refractivity contribution is -0.118. The Morgan fingerprint density at radius 1 is 1.64 bits per heavy atom. The zero-order valence-electron chi connectivity index (χ0n) is 6.62. The lowest BCUT2D eigenvalue weighted by Crippen LogP contribution is -2.20. The van der Waals surface area contributed by atoms with Crippen LogP contribution in [0.3, 0.4) is 0 Å². The van der Waals surface area contributed by atoms with Crippen molar-refractivity contribution in [1.82, 2.24) is 0 Å². The van der Waals surface area contributed by atoms with Gasteiger partial charge >= 0.3 is 0 Å². The average molecular weight is 168 g/mol. The smallest absolute Gasteiger partial charge is 0.146 e. The molecule has 0 amide bonds. The molecule has 2 bridgehead atoms. The molecule has 0 N–H and O–H groups in total. The molecule has 0 unspecified atom stereocenters. The van der Waals surface area contributed by atoms with Gasteiger partial charge in [0, 0.05) is 11.7 Å². The van der Waals surface area contributed by atoms with E-state index >= 15 is 0 Å². The second-order valence-electron chi connectivity index (χ2n) is 3.20. The number of rotatable bonds is 2. The maximum absolute atomic E-state index is 11.3. The Balaban J connectivity index is 2.08. The summed E-state index contributed by atoms with van der Waals surface area (Å²) in [7, 11) is 0. The lowest BCUT2D eigenvalue weighted by Gasteiger charge is -2.14. The van der Waals surface area contributed by atoms with E-state index in [2.05, 4.69) is 12.2 Å². The minimum atomic E-state index is 0.301. The summed E-state index contributed by atoms with van der Waals surface area (Å²) in [5.74, 6) is 1.00. The first kappa shape index (κ1) is 7.41. The zero-order valence-corrected chi connectivity index (χ0v) is 7.43. The highest BCUT2D eigenvalue weighted by molar-refractivity contribution is 8.01. The first-order chi connectivity index (χ1) is 5.31. The average Bonchev–Trinajstić information content (AvgIpc) is 2.62. The number of ketones is 1. The predicted octanol–water partition coefficient (Wildman–Crippen LogP) is 2.03. The van der Waals surface area contributed by atoms with Crippen molar-refractivity contribution < 1.29 is 4.79 Å². The Morgan fingerprint density at radius 3 is 2.91 bits per heavy atom. The molecule has 2 aliphatic rings. The lowest BCUT2D eigenvalue weighted by atomic mass is 10.0. The van der Waals surface area contributed by atoms with Crippen LogP contribution in [0.2, 0.25) is 0 Å². The maximum atomic E-state index is 11.3. The molecule has 1 saturated heterocycles. The Hall–Kier alpha value is -0.240. The monoisotopic (exact) mass is 168 g/mol. The van der Waals surface area contributed by atoms with Crippen molar-refractivity contribution in [2.24, 2.45) is 5.92 Å². The van der Waals surface area contributed by atoms with E-state index in [1.165, 1.54) is 6.42 Å². The van der Waals surface area contributed by atoms with Crippen LogP contribution in [-0.2, 0) is 4.79 Å². The predicted molar refractivity (Wildman–Crippen MR) is 47.7 cm³/mol. The van der Waals surface area contributed by atoms with Gasteiger partial charge in [-0.25, -0.2) is 0 Å². The first-order valence-electron chi connectivity index (χ1n) is 4.17. The van der Waals surface area contributed by atoms with Crippen LogP contribution in [0, 0.1) is 5.92 Å². The number of Topliss-reactive ketones (excluding diaryl/α,β-unsaturated/α-hetero) is 1. The van der Waals surface area contributed by atoms with E-state index in [0.717, 1.165) is 0 Å². The van der Waals surface area contributed by atoms with Crippen molar-refractivity contribution in [2.45, 2.75) is 30.3 Å². The van der Waals surface area contributed by atoms with E-state index in [0.29, 0.717) is 28.6 Å². The van der Waals surface area contributed by atoms with Crippen LogP contribution in [0.25, 0.3) is 0 Å². The molecule has 2 heteroatoms. The van der Waals surface area contributed by atoms with Gasteiger partial charge in [0.25, 0.3) is 0 Å². The number of fused-ring (bicyclic) bond motifs is 2. The van der Waals surface area contributed by atoms with Gasteiger partial charge in [0.2, 0.25) is 0 Å². The molecule has 2 rings (SSSR count). The molecule has 1 aliphatic carbocycles. The molecule has 0 aromatic carbocycles. The summed E-state index contributed by atoms with van der Waals surface area (Å²) in [6.07, 6.45) is 6.38. The van der Waals surface area contributed by atoms with E-state index in [1.54, 1.807) is 0 Å². The van der Waals surface area contributed by atoms with Crippen LogP contribution in [0.5, 0.6) is 0 Å². The van der Waals surface area contributed by atoms with Gasteiger partial charge < -0.3 is 0 Å². The number of carbonyl (C=O) groups is 1. The van der Waals surface area contributed by atoms with Gasteiger partial charge in [-0.2, -0.15) is 0 Å². The topological polar surface area (TPSA) is 17.1 Å². The molecule has 0 aromatic rings. The van der Waals surface area contributed by atoms with Crippen molar-refractivity contribution in [3.8, 4) is 0 Å². The SMILES string of the molecule is CCC(=O)[C@H]1S[C@H]2C=C[C@@H]1C2. The highest BCUT2D eigenvalue weighted by atomic mass is 32.2. The fourth-order valence-electron chi connectivity index (χ4n) is 1.82. The summed E-state index contributed by atoms with van der Waals surface area (Å²) in [6.45, 7) is 1.96. The van der Waals surface area contributed by atoms with Gasteiger partial charge in [-0.3, -0.25) is 4.79 Å². The van der Waals surface area contributed by atoms with Crippen molar-refractivity contribution in [3.63, 3.8) is 0 Å². The summed E-state index contributed by atoms with van der Waals surface area (Å²) in [4.78, 5) is 11.3. The van der Waals surface area contributed by atoms with Crippen LogP contribution < -0.4 is 0 Å². The minimum absolute atomic E-state index is 0.301. The zero-order chi connectivity index (χ0) is 7.84. The highest BCUT2D eigenvalue weighted by Crippen LogP contribution is 2.45. The van der Waals surface area contributed by atoms with Crippen LogP contribution >= 0.6 is 11.8 Å². The van der Waals surface area contributed by atoms with Crippen LogP contribution in [-0.4, -0.2) is 16.3 Å². The van der Waals surface area contributed by atoms with E-state index in [9.17, 15) is 4.79 Å². The molecule has 1 nitrogen and oxygen atoms in total. The first-order valence-corrected chi connectivity index (χ1v) is 5.12. The quantitative estimate of drug-likeness (QED) is 0.587. The van der Waals surface area contributed by atoms with Crippen molar-refractivity contribution in [2.75, 3.05) is 0 Å². The van der Waals surface area contributed by atoms with Crippen LogP contribution in [0.4, 0.5) is 0 Å². The molecule has 0 aromatic heterocycles. The van der Waals surface area contributed by atoms with Crippen LogP contribution in [0.15, 0.2) is 12.2 Å². The van der Waals surface area contributed by atoms with Crippen molar-refractivity contribution >= 4 is 17.5 Å². The van der Waals surface area contributed by atoms with Gasteiger partial charge in [-0.1, -0.05) is 19.1 Å². The minimum Gasteiger partial charge on any atom is -0.298 e. The summed E-state index contributed by atoms with van der Waals surface area (Å²) in [5, 5.41) is 0.954. The molecule has 1 aliphatic heterocycles. The third-order valence-corrected chi connectivity index (χ3v) is 4.06. The van der Waals surface area contributed by atoms with Gasteiger partial charge in [-0.05, 0) is 12.3 Å². The van der Waals surface area contributed by atoms with Gasteiger partial charge in [-0.15, -0.1) is 11.8 Å². The number of allylic oxidation sites excluding steroid dienone is 1. The summed E-state index contributed by atoms with van der Waals surface area (Å²) >= 11 is 1.86. The molecule has 60 valence electrons. The molecule has 0 saturated carbocycles. The number of carbonyl (C=O) groups excluding carboxylic acids is 1. The fourth-order valence-corrected chi connectivity index (χ4v) is 3.44.